The second-order valence-corrected chi connectivity index (χ2v) is 6.95. The van der Waals surface area contributed by atoms with Crippen molar-refractivity contribution in [3.63, 3.8) is 0 Å². The van der Waals surface area contributed by atoms with Crippen molar-refractivity contribution in [2.75, 3.05) is 23.4 Å². The van der Waals surface area contributed by atoms with Gasteiger partial charge in [0, 0.05) is 24.7 Å². The third kappa shape index (κ3) is 4.65. The second kappa shape index (κ2) is 6.16. The summed E-state index contributed by atoms with van der Waals surface area (Å²) in [4.78, 5) is 11.6. The molecule has 1 aliphatic rings. The van der Waals surface area contributed by atoms with Crippen molar-refractivity contribution in [2.24, 2.45) is 0 Å². The molecule has 0 bridgehead atoms. The van der Waals surface area contributed by atoms with Crippen molar-refractivity contribution >= 4 is 21.4 Å². The Morgan fingerprint density at radius 2 is 2.00 bits per heavy atom. The zero-order valence-corrected chi connectivity index (χ0v) is 11.4. The van der Waals surface area contributed by atoms with E-state index in [0.29, 0.717) is 19.4 Å². The molecule has 104 valence electrons. The molecule has 2 rings (SSSR count). The van der Waals surface area contributed by atoms with Crippen LogP contribution in [0.15, 0.2) is 30.3 Å². The summed E-state index contributed by atoms with van der Waals surface area (Å²) in [5.74, 6) is 0.369. The summed E-state index contributed by atoms with van der Waals surface area (Å²) in [6.07, 6.45) is 0.980. The predicted molar refractivity (Wildman–Crippen MR) is 74.8 cm³/mol. The molecule has 1 aromatic rings. The van der Waals surface area contributed by atoms with Gasteiger partial charge in [0.15, 0.2) is 9.84 Å². The predicted octanol–water partition coefficient (Wildman–Crippen LogP) is 0.792. The first kappa shape index (κ1) is 14.0. The van der Waals surface area contributed by atoms with E-state index in [1.54, 1.807) is 0 Å². The third-order valence-corrected chi connectivity index (χ3v) is 4.84. The lowest BCUT2D eigenvalue weighted by molar-refractivity contribution is -0.116. The normalized spacial score (nSPS) is 21.2. The van der Waals surface area contributed by atoms with E-state index >= 15 is 0 Å². The molecule has 6 heteroatoms. The molecule has 1 heterocycles. The van der Waals surface area contributed by atoms with Gasteiger partial charge in [-0.3, -0.25) is 4.79 Å². The van der Waals surface area contributed by atoms with Gasteiger partial charge in [0.1, 0.15) is 0 Å². The molecule has 5 nitrogen and oxygen atoms in total. The van der Waals surface area contributed by atoms with Gasteiger partial charge in [0.25, 0.3) is 0 Å². The van der Waals surface area contributed by atoms with Crippen LogP contribution in [0.1, 0.15) is 12.8 Å². The molecule has 0 spiro atoms. The van der Waals surface area contributed by atoms with Crippen LogP contribution in [0, 0.1) is 0 Å². The van der Waals surface area contributed by atoms with Crippen molar-refractivity contribution in [3.8, 4) is 0 Å². The number of benzene rings is 1. The van der Waals surface area contributed by atoms with E-state index in [2.05, 4.69) is 10.6 Å². The smallest absolute Gasteiger partial charge is 0.225 e. The monoisotopic (exact) mass is 282 g/mol. The first-order valence-electron chi connectivity index (χ1n) is 6.34. The molecule has 0 aliphatic carbocycles. The van der Waals surface area contributed by atoms with Gasteiger partial charge in [0.05, 0.1) is 11.5 Å². The van der Waals surface area contributed by atoms with Crippen molar-refractivity contribution in [1.82, 2.24) is 5.32 Å². The molecule has 19 heavy (non-hydrogen) atoms. The molecule has 1 atom stereocenters. The summed E-state index contributed by atoms with van der Waals surface area (Å²) in [5, 5.41) is 5.90. The second-order valence-electron chi connectivity index (χ2n) is 4.72. The number of sulfone groups is 1. The first-order chi connectivity index (χ1) is 9.05. The molecule has 2 N–H and O–H groups in total. The zero-order valence-electron chi connectivity index (χ0n) is 10.6. The van der Waals surface area contributed by atoms with Crippen molar-refractivity contribution < 1.29 is 13.2 Å². The minimum atomic E-state index is -2.86. The fourth-order valence-corrected chi connectivity index (χ4v) is 3.80. The van der Waals surface area contributed by atoms with Gasteiger partial charge >= 0.3 is 0 Å². The van der Waals surface area contributed by atoms with Crippen LogP contribution in [-0.4, -0.2) is 38.4 Å². The number of amides is 1. The molecule has 1 aromatic carbocycles. The number of anilines is 1. The maximum absolute atomic E-state index is 11.6. The number of nitrogens with one attached hydrogen (secondary N) is 2. The Kier molecular flexibility index (Phi) is 4.55. The minimum Gasteiger partial charge on any atom is -0.326 e. The summed E-state index contributed by atoms with van der Waals surface area (Å²) in [6, 6.07) is 9.25. The highest BCUT2D eigenvalue weighted by Gasteiger charge is 2.27. The maximum atomic E-state index is 11.6. The largest absolute Gasteiger partial charge is 0.326 e. The average Bonchev–Trinajstić information content (AvgIpc) is 2.70. The molecular weight excluding hydrogens is 264 g/mol. The molecule has 1 amide bonds. The van der Waals surface area contributed by atoms with Crippen molar-refractivity contribution in [1.29, 1.82) is 0 Å². The van der Waals surface area contributed by atoms with Crippen LogP contribution in [0.25, 0.3) is 0 Å². The summed E-state index contributed by atoms with van der Waals surface area (Å²) in [5.41, 5.74) is 0.774. The summed E-state index contributed by atoms with van der Waals surface area (Å²) in [6.45, 7) is 0.499. The van der Waals surface area contributed by atoms with E-state index in [4.69, 9.17) is 0 Å². The highest BCUT2D eigenvalue weighted by atomic mass is 32.2. The number of carbonyl (C=O) groups excluding carboxylic acids is 1. The lowest BCUT2D eigenvalue weighted by Gasteiger charge is -2.10. The van der Waals surface area contributed by atoms with Crippen LogP contribution in [0.2, 0.25) is 0 Å². The Hall–Kier alpha value is -1.40. The van der Waals surface area contributed by atoms with Crippen LogP contribution in [0.5, 0.6) is 0 Å². The van der Waals surface area contributed by atoms with Gasteiger partial charge in [0.2, 0.25) is 5.91 Å². The van der Waals surface area contributed by atoms with Gasteiger partial charge in [-0.2, -0.15) is 0 Å². The average molecular weight is 282 g/mol. The quantitative estimate of drug-likeness (QED) is 0.837. The first-order valence-corrected chi connectivity index (χ1v) is 8.16. The van der Waals surface area contributed by atoms with Crippen molar-refractivity contribution in [2.45, 2.75) is 18.9 Å². The Balaban J connectivity index is 1.67. The molecule has 1 aliphatic heterocycles. The Labute approximate surface area is 113 Å². The fraction of sp³-hybridized carbons (Fsp3) is 0.462. The van der Waals surface area contributed by atoms with Gasteiger partial charge in [-0.1, -0.05) is 18.2 Å². The van der Waals surface area contributed by atoms with E-state index in [1.807, 2.05) is 30.3 Å². The zero-order chi connectivity index (χ0) is 13.7. The fourth-order valence-electron chi connectivity index (χ4n) is 2.09. The SMILES string of the molecule is O=C(CCNC1CCS(=O)(=O)C1)Nc1ccccc1. The topological polar surface area (TPSA) is 75.3 Å². The minimum absolute atomic E-state index is 0.00507. The van der Waals surface area contributed by atoms with Crippen LogP contribution >= 0.6 is 0 Å². The molecule has 1 saturated heterocycles. The van der Waals surface area contributed by atoms with E-state index in [-0.39, 0.29) is 23.5 Å². The standard InChI is InChI=1S/C13H18N2O3S/c16-13(15-11-4-2-1-3-5-11)6-8-14-12-7-9-19(17,18)10-12/h1-5,12,14H,6-10H2,(H,15,16). The van der Waals surface area contributed by atoms with E-state index < -0.39 is 9.84 Å². The Morgan fingerprint density at radius 3 is 2.63 bits per heavy atom. The summed E-state index contributed by atoms with van der Waals surface area (Å²) >= 11 is 0. The lowest BCUT2D eigenvalue weighted by Crippen LogP contribution is -2.32. The van der Waals surface area contributed by atoms with E-state index in [1.165, 1.54) is 0 Å². The van der Waals surface area contributed by atoms with E-state index in [9.17, 15) is 13.2 Å². The van der Waals surface area contributed by atoms with Gasteiger partial charge in [-0.15, -0.1) is 0 Å². The number of carbonyl (C=O) groups is 1. The molecular formula is C13H18N2O3S. The lowest BCUT2D eigenvalue weighted by atomic mass is 10.2. The number of hydrogen-bond acceptors (Lipinski definition) is 4. The highest BCUT2D eigenvalue weighted by Crippen LogP contribution is 2.11. The van der Waals surface area contributed by atoms with Gasteiger partial charge < -0.3 is 10.6 Å². The van der Waals surface area contributed by atoms with Crippen LogP contribution in [0.3, 0.4) is 0 Å². The number of para-hydroxylation sites is 1. The highest BCUT2D eigenvalue weighted by molar-refractivity contribution is 7.91. The molecule has 1 unspecified atom stereocenters. The van der Waals surface area contributed by atoms with Gasteiger partial charge in [-0.05, 0) is 18.6 Å². The van der Waals surface area contributed by atoms with E-state index in [0.717, 1.165) is 5.69 Å². The number of rotatable bonds is 5. The Morgan fingerprint density at radius 1 is 1.26 bits per heavy atom. The molecule has 0 aromatic heterocycles. The summed E-state index contributed by atoms with van der Waals surface area (Å²) in [7, 11) is -2.86. The van der Waals surface area contributed by atoms with Crippen LogP contribution in [0.4, 0.5) is 5.69 Å². The summed E-state index contributed by atoms with van der Waals surface area (Å²) < 4.78 is 22.5. The van der Waals surface area contributed by atoms with Crippen LogP contribution in [-0.2, 0) is 14.6 Å². The van der Waals surface area contributed by atoms with Crippen LogP contribution < -0.4 is 10.6 Å². The van der Waals surface area contributed by atoms with Crippen molar-refractivity contribution in [3.05, 3.63) is 30.3 Å². The molecule has 0 saturated carbocycles. The third-order valence-electron chi connectivity index (χ3n) is 3.08. The Bertz CT molecular complexity index is 528. The molecule has 1 fully saturated rings. The van der Waals surface area contributed by atoms with Gasteiger partial charge in [-0.25, -0.2) is 8.42 Å². The molecule has 0 radical (unpaired) electrons. The number of hydrogen-bond donors (Lipinski definition) is 2. The maximum Gasteiger partial charge on any atom is 0.225 e.